The minimum absolute atomic E-state index is 0.100. The van der Waals surface area contributed by atoms with Gasteiger partial charge in [-0.05, 0) is 52.7 Å². The molecule has 0 fully saturated rings. The molecule has 0 amide bonds. The summed E-state index contributed by atoms with van der Waals surface area (Å²) in [6.45, 7) is 0. The molecule has 0 aliphatic heterocycles. The molecular formula is C13H8FNO2S2. The molecule has 19 heavy (non-hydrogen) atoms. The van der Waals surface area contributed by atoms with E-state index in [1.165, 1.54) is 17.4 Å². The van der Waals surface area contributed by atoms with Crippen molar-refractivity contribution in [1.82, 2.24) is 0 Å². The van der Waals surface area contributed by atoms with Crippen LogP contribution in [0.1, 0.15) is 5.56 Å². The normalized spacial score (nSPS) is 12.1. The Morgan fingerprint density at radius 1 is 1.26 bits per heavy atom. The Labute approximate surface area is 114 Å². The van der Waals surface area contributed by atoms with Crippen molar-refractivity contribution in [2.45, 2.75) is 4.90 Å². The SMILES string of the molecule is N#C/C(=C/c1ccsc1)S(=O)(=O)c1ccc(F)cc1. The third-order valence-electron chi connectivity index (χ3n) is 2.36. The summed E-state index contributed by atoms with van der Waals surface area (Å²) in [5.41, 5.74) is 0.646. The molecule has 0 aliphatic rings. The van der Waals surface area contributed by atoms with Crippen molar-refractivity contribution in [2.24, 2.45) is 0 Å². The Bertz CT molecular complexity index is 739. The summed E-state index contributed by atoms with van der Waals surface area (Å²) < 4.78 is 37.2. The summed E-state index contributed by atoms with van der Waals surface area (Å²) >= 11 is 1.40. The van der Waals surface area contributed by atoms with Crippen LogP contribution in [0.2, 0.25) is 0 Å². The maximum atomic E-state index is 12.8. The van der Waals surface area contributed by atoms with E-state index in [9.17, 15) is 12.8 Å². The van der Waals surface area contributed by atoms with Crippen LogP contribution in [0.5, 0.6) is 0 Å². The number of hydrogen-bond acceptors (Lipinski definition) is 4. The van der Waals surface area contributed by atoms with Gasteiger partial charge in [0.25, 0.3) is 0 Å². The van der Waals surface area contributed by atoms with Gasteiger partial charge in [-0.15, -0.1) is 0 Å². The molecule has 1 aromatic carbocycles. The van der Waals surface area contributed by atoms with E-state index in [0.717, 1.165) is 24.3 Å². The van der Waals surface area contributed by atoms with Crippen LogP contribution in [-0.4, -0.2) is 8.42 Å². The minimum Gasteiger partial charge on any atom is -0.218 e. The summed E-state index contributed by atoms with van der Waals surface area (Å²) in [4.78, 5) is -0.463. The molecule has 0 bridgehead atoms. The lowest BCUT2D eigenvalue weighted by molar-refractivity contribution is 0.601. The number of benzene rings is 1. The van der Waals surface area contributed by atoms with E-state index in [4.69, 9.17) is 5.26 Å². The molecule has 0 radical (unpaired) electrons. The number of nitrogens with zero attached hydrogens (tertiary/aromatic N) is 1. The van der Waals surface area contributed by atoms with Crippen LogP contribution in [0.15, 0.2) is 50.9 Å². The molecule has 0 unspecified atom stereocenters. The molecular weight excluding hydrogens is 285 g/mol. The lowest BCUT2D eigenvalue weighted by Crippen LogP contribution is -2.03. The van der Waals surface area contributed by atoms with E-state index in [0.29, 0.717) is 5.56 Å². The quantitative estimate of drug-likeness (QED) is 0.645. The fraction of sp³-hybridized carbons (Fsp3) is 0. The van der Waals surface area contributed by atoms with Crippen LogP contribution >= 0.6 is 11.3 Å². The van der Waals surface area contributed by atoms with Gasteiger partial charge >= 0.3 is 0 Å². The predicted octanol–water partition coefficient (Wildman–Crippen LogP) is 3.23. The molecule has 0 spiro atoms. The van der Waals surface area contributed by atoms with Crippen molar-refractivity contribution >= 4 is 27.3 Å². The van der Waals surface area contributed by atoms with Gasteiger partial charge in [0.05, 0.1) is 4.90 Å². The van der Waals surface area contributed by atoms with Gasteiger partial charge in [-0.2, -0.15) is 16.6 Å². The maximum Gasteiger partial charge on any atom is 0.216 e. The number of nitriles is 1. The zero-order valence-electron chi connectivity index (χ0n) is 9.58. The van der Waals surface area contributed by atoms with Gasteiger partial charge < -0.3 is 0 Å². The Hall–Kier alpha value is -1.97. The monoisotopic (exact) mass is 293 g/mol. The first-order valence-corrected chi connectivity index (χ1v) is 7.61. The standard InChI is InChI=1S/C13H8FNO2S2/c14-11-1-3-12(4-2-11)19(16,17)13(8-15)7-10-5-6-18-9-10/h1-7,9H/b13-7-. The lowest BCUT2D eigenvalue weighted by atomic mass is 10.3. The van der Waals surface area contributed by atoms with Gasteiger partial charge in [-0.25, -0.2) is 12.8 Å². The molecule has 1 aromatic heterocycles. The summed E-state index contributed by atoms with van der Waals surface area (Å²) in [5, 5.41) is 12.5. The minimum atomic E-state index is -3.91. The van der Waals surface area contributed by atoms with Crippen LogP contribution < -0.4 is 0 Å². The average molecular weight is 293 g/mol. The summed E-state index contributed by atoms with van der Waals surface area (Å²) in [7, 11) is -3.91. The fourth-order valence-corrected chi connectivity index (χ4v) is 3.20. The Morgan fingerprint density at radius 3 is 2.47 bits per heavy atom. The fourth-order valence-electron chi connectivity index (χ4n) is 1.42. The smallest absolute Gasteiger partial charge is 0.216 e. The van der Waals surface area contributed by atoms with Crippen LogP contribution in [0.25, 0.3) is 6.08 Å². The summed E-state index contributed by atoms with van der Waals surface area (Å²) in [6, 6.07) is 7.77. The Kier molecular flexibility index (Phi) is 3.79. The molecule has 0 atom stereocenters. The van der Waals surface area contributed by atoms with Crippen molar-refractivity contribution in [3.05, 3.63) is 57.4 Å². The first-order valence-electron chi connectivity index (χ1n) is 5.18. The highest BCUT2D eigenvalue weighted by molar-refractivity contribution is 7.95. The number of halogens is 1. The van der Waals surface area contributed by atoms with E-state index in [1.54, 1.807) is 22.9 Å². The number of thiophene rings is 1. The second-order valence-electron chi connectivity index (χ2n) is 3.63. The van der Waals surface area contributed by atoms with Crippen molar-refractivity contribution in [2.75, 3.05) is 0 Å². The van der Waals surface area contributed by atoms with Gasteiger partial charge in [0.1, 0.15) is 16.8 Å². The number of sulfone groups is 1. The van der Waals surface area contributed by atoms with E-state index < -0.39 is 15.7 Å². The number of hydrogen-bond donors (Lipinski definition) is 0. The van der Waals surface area contributed by atoms with Gasteiger partial charge in [0.15, 0.2) is 0 Å². The first-order chi connectivity index (χ1) is 9.04. The molecule has 2 aromatic rings. The second-order valence-corrected chi connectivity index (χ2v) is 6.33. The molecule has 0 aliphatic carbocycles. The zero-order chi connectivity index (χ0) is 13.9. The van der Waals surface area contributed by atoms with Crippen LogP contribution in [0, 0.1) is 17.1 Å². The molecule has 1 heterocycles. The molecule has 2 rings (SSSR count). The second kappa shape index (κ2) is 5.34. The molecule has 0 saturated heterocycles. The topological polar surface area (TPSA) is 57.9 Å². The van der Waals surface area contributed by atoms with Gasteiger partial charge in [-0.1, -0.05) is 0 Å². The van der Waals surface area contributed by atoms with Crippen LogP contribution in [0.3, 0.4) is 0 Å². The molecule has 6 heteroatoms. The highest BCUT2D eigenvalue weighted by Gasteiger charge is 2.20. The Balaban J connectivity index is 2.49. The largest absolute Gasteiger partial charge is 0.218 e. The van der Waals surface area contributed by atoms with Crippen LogP contribution in [-0.2, 0) is 9.84 Å². The first kappa shape index (κ1) is 13.5. The summed E-state index contributed by atoms with van der Waals surface area (Å²) in [5.74, 6) is -0.528. The number of rotatable bonds is 3. The van der Waals surface area contributed by atoms with Gasteiger partial charge in [0.2, 0.25) is 9.84 Å². The van der Waals surface area contributed by atoms with E-state index in [1.807, 2.05) is 0 Å². The number of allylic oxidation sites excluding steroid dienone is 1. The highest BCUT2D eigenvalue weighted by Crippen LogP contribution is 2.22. The highest BCUT2D eigenvalue weighted by atomic mass is 32.2. The molecule has 96 valence electrons. The van der Waals surface area contributed by atoms with E-state index in [-0.39, 0.29) is 9.80 Å². The zero-order valence-corrected chi connectivity index (χ0v) is 11.2. The van der Waals surface area contributed by atoms with E-state index >= 15 is 0 Å². The third-order valence-corrected chi connectivity index (χ3v) is 4.75. The van der Waals surface area contributed by atoms with Crippen molar-refractivity contribution < 1.29 is 12.8 Å². The maximum absolute atomic E-state index is 12.8. The van der Waals surface area contributed by atoms with Crippen molar-refractivity contribution in [3.8, 4) is 6.07 Å². The van der Waals surface area contributed by atoms with Crippen LogP contribution in [0.4, 0.5) is 4.39 Å². The summed E-state index contributed by atoms with van der Waals surface area (Å²) in [6.07, 6.45) is 1.30. The predicted molar refractivity (Wildman–Crippen MR) is 71.5 cm³/mol. The Morgan fingerprint density at radius 2 is 1.95 bits per heavy atom. The molecule has 3 nitrogen and oxygen atoms in total. The molecule has 0 saturated carbocycles. The van der Waals surface area contributed by atoms with Gasteiger partial charge in [0, 0.05) is 0 Å². The van der Waals surface area contributed by atoms with Crippen molar-refractivity contribution in [1.29, 1.82) is 5.26 Å². The third kappa shape index (κ3) is 2.89. The average Bonchev–Trinajstić information content (AvgIpc) is 2.89. The van der Waals surface area contributed by atoms with E-state index in [2.05, 4.69) is 0 Å². The van der Waals surface area contributed by atoms with Crippen molar-refractivity contribution in [3.63, 3.8) is 0 Å². The lowest BCUT2D eigenvalue weighted by Gasteiger charge is -2.02. The van der Waals surface area contributed by atoms with Gasteiger partial charge in [-0.3, -0.25) is 0 Å². The molecule has 0 N–H and O–H groups in total.